The summed E-state index contributed by atoms with van der Waals surface area (Å²) in [6.07, 6.45) is 1.48. The molecule has 0 unspecified atom stereocenters. The molecule has 134 valence electrons. The van der Waals surface area contributed by atoms with E-state index in [1.54, 1.807) is 42.5 Å². The highest BCUT2D eigenvalue weighted by molar-refractivity contribution is 7.89. The van der Waals surface area contributed by atoms with Gasteiger partial charge in [-0.2, -0.15) is 4.31 Å². The van der Waals surface area contributed by atoms with Gasteiger partial charge in [0, 0.05) is 6.54 Å². The molecule has 0 aromatic heterocycles. The fourth-order valence-electron chi connectivity index (χ4n) is 3.05. The predicted molar refractivity (Wildman–Crippen MR) is 92.9 cm³/mol. The number of aliphatic hydroxyl groups excluding tert-OH is 1. The highest BCUT2D eigenvalue weighted by Crippen LogP contribution is 2.30. The molecule has 3 rings (SSSR count). The Morgan fingerprint density at radius 2 is 1.88 bits per heavy atom. The van der Waals surface area contributed by atoms with Gasteiger partial charge >= 0.3 is 0 Å². The normalized spacial score (nSPS) is 18.4. The summed E-state index contributed by atoms with van der Waals surface area (Å²) in [4.78, 5) is 0.273. The minimum Gasteiger partial charge on any atom is -0.507 e. The largest absolute Gasteiger partial charge is 0.507 e. The lowest BCUT2D eigenvalue weighted by molar-refractivity contribution is 0.219. The van der Waals surface area contributed by atoms with Crippen LogP contribution in [0.15, 0.2) is 53.4 Å². The lowest BCUT2D eigenvalue weighted by atomic mass is 10.2. The van der Waals surface area contributed by atoms with Crippen LogP contribution in [-0.4, -0.2) is 42.1 Å². The van der Waals surface area contributed by atoms with Gasteiger partial charge in [-0.25, -0.2) is 8.42 Å². The highest BCUT2D eigenvalue weighted by atomic mass is 32.2. The molecule has 2 N–H and O–H groups in total. The van der Waals surface area contributed by atoms with Crippen molar-refractivity contribution < 1.29 is 23.4 Å². The fourth-order valence-corrected chi connectivity index (χ4v) is 4.75. The second kappa shape index (κ2) is 7.43. The molecule has 2 aromatic carbocycles. The molecule has 6 nitrogen and oxygen atoms in total. The number of ether oxygens (including phenoxy) is 1. The molecule has 0 amide bonds. The van der Waals surface area contributed by atoms with E-state index in [1.165, 1.54) is 10.4 Å². The molecule has 7 heteroatoms. The fraction of sp³-hybridized carbons (Fsp3) is 0.333. The molecule has 1 heterocycles. The summed E-state index contributed by atoms with van der Waals surface area (Å²) in [6.45, 7) is 0.277. The molecule has 0 saturated carbocycles. The van der Waals surface area contributed by atoms with Crippen LogP contribution in [0.3, 0.4) is 0 Å². The van der Waals surface area contributed by atoms with Gasteiger partial charge < -0.3 is 14.9 Å². The summed E-state index contributed by atoms with van der Waals surface area (Å²) in [6, 6.07) is 12.8. The van der Waals surface area contributed by atoms with E-state index in [4.69, 9.17) is 4.74 Å². The minimum atomic E-state index is -3.56. The number of nitrogens with zero attached hydrogens (tertiary/aromatic N) is 1. The maximum absolute atomic E-state index is 12.8. The van der Waals surface area contributed by atoms with E-state index in [0.29, 0.717) is 24.3 Å². The number of aliphatic hydroxyl groups is 1. The standard InChI is InChI=1S/C18H21NO5S/c20-12-16-17(21)9-4-10-18(16)24-13-14-6-5-11-19(14)25(22,23)15-7-2-1-3-8-15/h1-4,7-10,14,20-21H,5-6,11-13H2/t14-/m0/s1. The van der Waals surface area contributed by atoms with Crippen molar-refractivity contribution in [1.29, 1.82) is 0 Å². The third-order valence-electron chi connectivity index (χ3n) is 4.37. The Balaban J connectivity index is 1.76. The topological polar surface area (TPSA) is 87.1 Å². The SMILES string of the molecule is O=S(=O)(c1ccccc1)N1CCC[C@H]1COc1cccc(O)c1CO. The number of aromatic hydroxyl groups is 1. The molecule has 1 atom stereocenters. The van der Waals surface area contributed by atoms with Crippen molar-refractivity contribution in [3.63, 3.8) is 0 Å². The van der Waals surface area contributed by atoms with Gasteiger partial charge in [0.2, 0.25) is 10.0 Å². The molecule has 0 radical (unpaired) electrons. The Morgan fingerprint density at radius 3 is 2.60 bits per heavy atom. The van der Waals surface area contributed by atoms with Gasteiger partial charge in [0.25, 0.3) is 0 Å². The van der Waals surface area contributed by atoms with Gasteiger partial charge in [0.1, 0.15) is 18.1 Å². The minimum absolute atomic E-state index is 0.0415. The third-order valence-corrected chi connectivity index (χ3v) is 6.34. The maximum atomic E-state index is 12.8. The quantitative estimate of drug-likeness (QED) is 0.821. The summed E-state index contributed by atoms with van der Waals surface area (Å²) < 4.78 is 32.9. The first-order chi connectivity index (χ1) is 12.0. The molecule has 1 aliphatic heterocycles. The molecule has 1 saturated heterocycles. The van der Waals surface area contributed by atoms with Crippen LogP contribution in [0.5, 0.6) is 11.5 Å². The molecular weight excluding hydrogens is 342 g/mol. The van der Waals surface area contributed by atoms with E-state index in [2.05, 4.69) is 0 Å². The van der Waals surface area contributed by atoms with Crippen LogP contribution in [0.25, 0.3) is 0 Å². The van der Waals surface area contributed by atoms with Crippen LogP contribution in [-0.2, 0) is 16.6 Å². The van der Waals surface area contributed by atoms with Crippen molar-refractivity contribution in [3.05, 3.63) is 54.1 Å². The number of sulfonamides is 1. The molecule has 1 fully saturated rings. The zero-order valence-corrected chi connectivity index (χ0v) is 14.5. The molecular formula is C18H21NO5S. The summed E-state index contributed by atoms with van der Waals surface area (Å²) in [5, 5.41) is 19.1. The summed E-state index contributed by atoms with van der Waals surface area (Å²) >= 11 is 0. The second-order valence-corrected chi connectivity index (χ2v) is 7.84. The van der Waals surface area contributed by atoms with Gasteiger partial charge in [-0.3, -0.25) is 0 Å². The summed E-state index contributed by atoms with van der Waals surface area (Å²) in [7, 11) is -3.56. The maximum Gasteiger partial charge on any atom is 0.243 e. The van der Waals surface area contributed by atoms with E-state index in [-0.39, 0.29) is 29.9 Å². The van der Waals surface area contributed by atoms with E-state index in [9.17, 15) is 18.6 Å². The average molecular weight is 363 g/mol. The molecule has 2 aromatic rings. The number of benzene rings is 2. The van der Waals surface area contributed by atoms with Gasteiger partial charge in [-0.15, -0.1) is 0 Å². The van der Waals surface area contributed by atoms with Crippen LogP contribution in [0.2, 0.25) is 0 Å². The third kappa shape index (κ3) is 3.63. The smallest absolute Gasteiger partial charge is 0.243 e. The Bertz CT molecular complexity index is 823. The lowest BCUT2D eigenvalue weighted by Gasteiger charge is -2.24. The van der Waals surface area contributed by atoms with Crippen molar-refractivity contribution in [1.82, 2.24) is 4.31 Å². The van der Waals surface area contributed by atoms with E-state index in [0.717, 1.165) is 6.42 Å². The molecule has 0 spiro atoms. The average Bonchev–Trinajstić information content (AvgIpc) is 3.10. The van der Waals surface area contributed by atoms with E-state index < -0.39 is 10.0 Å². The highest BCUT2D eigenvalue weighted by Gasteiger charge is 2.35. The first kappa shape index (κ1) is 17.7. The van der Waals surface area contributed by atoms with Crippen molar-refractivity contribution in [3.8, 4) is 11.5 Å². The van der Waals surface area contributed by atoms with Crippen LogP contribution in [0.4, 0.5) is 0 Å². The zero-order chi connectivity index (χ0) is 17.9. The van der Waals surface area contributed by atoms with Crippen molar-refractivity contribution in [2.24, 2.45) is 0 Å². The molecule has 1 aliphatic rings. The predicted octanol–water partition coefficient (Wildman–Crippen LogP) is 2.12. The first-order valence-corrected chi connectivity index (χ1v) is 9.59. The Morgan fingerprint density at radius 1 is 1.12 bits per heavy atom. The van der Waals surface area contributed by atoms with Gasteiger partial charge in [-0.05, 0) is 37.1 Å². The summed E-state index contributed by atoms with van der Waals surface area (Å²) in [5.74, 6) is 0.326. The van der Waals surface area contributed by atoms with Crippen LogP contribution in [0, 0.1) is 0 Å². The second-order valence-electron chi connectivity index (χ2n) is 5.95. The summed E-state index contributed by atoms with van der Waals surface area (Å²) in [5.41, 5.74) is 0.304. The van der Waals surface area contributed by atoms with E-state index in [1.807, 2.05) is 0 Å². The first-order valence-electron chi connectivity index (χ1n) is 8.15. The molecule has 0 aliphatic carbocycles. The Kier molecular flexibility index (Phi) is 5.27. The Labute approximate surface area is 147 Å². The van der Waals surface area contributed by atoms with Gasteiger partial charge in [-0.1, -0.05) is 24.3 Å². The van der Waals surface area contributed by atoms with Crippen LogP contribution >= 0.6 is 0 Å². The number of rotatable bonds is 6. The van der Waals surface area contributed by atoms with Crippen molar-refractivity contribution >= 4 is 10.0 Å². The van der Waals surface area contributed by atoms with Crippen molar-refractivity contribution in [2.75, 3.05) is 13.2 Å². The van der Waals surface area contributed by atoms with Crippen LogP contribution < -0.4 is 4.74 Å². The number of hydrogen-bond donors (Lipinski definition) is 2. The molecule has 25 heavy (non-hydrogen) atoms. The van der Waals surface area contributed by atoms with Crippen molar-refractivity contribution in [2.45, 2.75) is 30.4 Å². The zero-order valence-electron chi connectivity index (χ0n) is 13.7. The van der Waals surface area contributed by atoms with Gasteiger partial charge in [0.05, 0.1) is 23.1 Å². The molecule has 0 bridgehead atoms. The lowest BCUT2D eigenvalue weighted by Crippen LogP contribution is -2.39. The van der Waals surface area contributed by atoms with E-state index >= 15 is 0 Å². The Hall–Kier alpha value is -2.09. The number of hydrogen-bond acceptors (Lipinski definition) is 5. The number of phenols is 1. The van der Waals surface area contributed by atoms with Crippen LogP contribution in [0.1, 0.15) is 18.4 Å². The van der Waals surface area contributed by atoms with Gasteiger partial charge in [0.15, 0.2) is 0 Å². The monoisotopic (exact) mass is 363 g/mol.